The number of nitrogens with one attached hydrogen (secondary N) is 1. The molecule has 1 rings (SSSR count). The third kappa shape index (κ3) is 10.2. The lowest BCUT2D eigenvalue weighted by Gasteiger charge is -2.28. The third-order valence-electron chi connectivity index (χ3n) is 4.17. The van der Waals surface area contributed by atoms with Crippen molar-refractivity contribution in [3.63, 3.8) is 0 Å². The van der Waals surface area contributed by atoms with Gasteiger partial charge in [-0.25, -0.2) is 9.59 Å². The topological polar surface area (TPSA) is 117 Å². The van der Waals surface area contributed by atoms with E-state index in [1.807, 2.05) is 71.9 Å². The highest BCUT2D eigenvalue weighted by molar-refractivity contribution is 5.82. The predicted octanol–water partition coefficient (Wildman–Crippen LogP) is 3.03. The van der Waals surface area contributed by atoms with Crippen LogP contribution in [0.25, 0.3) is 0 Å². The molecule has 0 aliphatic heterocycles. The van der Waals surface area contributed by atoms with E-state index >= 15 is 0 Å². The predicted molar refractivity (Wildman–Crippen MR) is 114 cm³/mol. The van der Waals surface area contributed by atoms with Crippen LogP contribution in [0.2, 0.25) is 0 Å². The van der Waals surface area contributed by atoms with E-state index in [1.54, 1.807) is 0 Å². The third-order valence-corrected chi connectivity index (χ3v) is 4.17. The number of carbonyl (C=O) groups is 3. The molecule has 0 fully saturated rings. The summed E-state index contributed by atoms with van der Waals surface area (Å²) in [6.07, 6.45) is -0.640. The van der Waals surface area contributed by atoms with Crippen LogP contribution in [0.3, 0.4) is 0 Å². The smallest absolute Gasteiger partial charge is 0.408 e. The van der Waals surface area contributed by atoms with E-state index in [0.717, 1.165) is 5.56 Å². The summed E-state index contributed by atoms with van der Waals surface area (Å²) in [5.41, 5.74) is 5.74. The van der Waals surface area contributed by atoms with Crippen LogP contribution in [-0.4, -0.2) is 44.3 Å². The normalized spacial score (nSPS) is 13.1. The molecule has 8 heteroatoms. The summed E-state index contributed by atoms with van der Waals surface area (Å²) in [7, 11) is 2.63. The van der Waals surface area contributed by atoms with Crippen LogP contribution in [0.5, 0.6) is 0 Å². The number of methoxy groups -OCH3 is 2. The maximum atomic E-state index is 11.8. The molecular weight excluding hydrogens is 388 g/mol. The molecule has 2 atom stereocenters. The first kappa shape index (κ1) is 27.4. The minimum absolute atomic E-state index is 0.157. The quantitative estimate of drug-likeness (QED) is 0.551. The molecule has 0 radical (unpaired) electrons. The SMILES string of the molecule is COC(=O)[C@@H](N)C(C)(C)C.COC(=O)[C@@H](NC(=O)OCc1ccccc1)C(C)(C)C. The van der Waals surface area contributed by atoms with Crippen LogP contribution in [0.15, 0.2) is 30.3 Å². The van der Waals surface area contributed by atoms with Crippen molar-refractivity contribution in [1.29, 1.82) is 0 Å². The molecule has 0 saturated heterocycles. The van der Waals surface area contributed by atoms with Gasteiger partial charge in [0.25, 0.3) is 0 Å². The summed E-state index contributed by atoms with van der Waals surface area (Å²) in [5, 5.41) is 2.54. The molecule has 1 aromatic carbocycles. The summed E-state index contributed by atoms with van der Waals surface area (Å²) in [4.78, 5) is 34.2. The van der Waals surface area contributed by atoms with Gasteiger partial charge in [0.1, 0.15) is 18.7 Å². The minimum Gasteiger partial charge on any atom is -0.468 e. The van der Waals surface area contributed by atoms with Gasteiger partial charge in [0.15, 0.2) is 0 Å². The van der Waals surface area contributed by atoms with Crippen LogP contribution < -0.4 is 11.1 Å². The molecule has 30 heavy (non-hydrogen) atoms. The molecule has 0 spiro atoms. The lowest BCUT2D eigenvalue weighted by Crippen LogP contribution is -2.49. The second kappa shape index (κ2) is 12.2. The molecule has 0 bridgehead atoms. The van der Waals surface area contributed by atoms with Crippen molar-refractivity contribution in [2.45, 2.75) is 60.2 Å². The van der Waals surface area contributed by atoms with Gasteiger partial charge in [0.05, 0.1) is 14.2 Å². The molecule has 8 nitrogen and oxygen atoms in total. The van der Waals surface area contributed by atoms with Crippen LogP contribution in [0.4, 0.5) is 4.79 Å². The second-order valence-corrected chi connectivity index (χ2v) is 8.90. The second-order valence-electron chi connectivity index (χ2n) is 8.90. The molecule has 0 unspecified atom stereocenters. The molecule has 0 aromatic heterocycles. The number of amides is 1. The lowest BCUT2D eigenvalue weighted by atomic mass is 9.87. The van der Waals surface area contributed by atoms with Gasteiger partial charge in [-0.15, -0.1) is 0 Å². The van der Waals surface area contributed by atoms with E-state index in [2.05, 4.69) is 10.1 Å². The molecule has 0 heterocycles. The number of rotatable bonds is 5. The number of nitrogens with two attached hydrogens (primary N) is 1. The summed E-state index contributed by atoms with van der Waals surface area (Å²) in [6.45, 7) is 11.4. The van der Waals surface area contributed by atoms with E-state index < -0.39 is 29.6 Å². The van der Waals surface area contributed by atoms with Crippen LogP contribution in [0, 0.1) is 10.8 Å². The van der Waals surface area contributed by atoms with Crippen molar-refractivity contribution in [2.24, 2.45) is 16.6 Å². The standard InChI is InChI=1S/C15H21NO4.C7H15NO2/c1-15(2,3)12(13(17)19-4)16-14(18)20-10-11-8-6-5-7-9-11;1-7(2,3)5(8)6(9)10-4/h5-9,12H,10H2,1-4H3,(H,16,18);5H,8H2,1-4H3/t12-;5-/m11/s1. The maximum Gasteiger partial charge on any atom is 0.408 e. The summed E-state index contributed by atoms with van der Waals surface area (Å²) < 4.78 is 14.3. The average Bonchev–Trinajstić information content (AvgIpc) is 2.68. The Morgan fingerprint density at radius 3 is 1.77 bits per heavy atom. The van der Waals surface area contributed by atoms with Gasteiger partial charge < -0.3 is 25.3 Å². The van der Waals surface area contributed by atoms with Crippen LogP contribution in [-0.2, 0) is 30.4 Å². The Morgan fingerprint density at radius 2 is 1.40 bits per heavy atom. The zero-order valence-electron chi connectivity index (χ0n) is 19.3. The Morgan fingerprint density at radius 1 is 0.900 bits per heavy atom. The zero-order valence-corrected chi connectivity index (χ0v) is 19.3. The number of alkyl carbamates (subject to hydrolysis) is 1. The fraction of sp³-hybridized carbons (Fsp3) is 0.591. The first-order valence-electron chi connectivity index (χ1n) is 9.62. The molecular formula is C22H36N2O6. The molecule has 1 aromatic rings. The zero-order chi connectivity index (χ0) is 23.5. The largest absolute Gasteiger partial charge is 0.468 e. The van der Waals surface area contributed by atoms with Gasteiger partial charge in [-0.3, -0.25) is 4.79 Å². The number of benzene rings is 1. The number of carbonyl (C=O) groups excluding carboxylic acids is 3. The Kier molecular flexibility index (Phi) is 11.1. The highest BCUT2D eigenvalue weighted by Crippen LogP contribution is 2.20. The summed E-state index contributed by atoms with van der Waals surface area (Å²) >= 11 is 0. The van der Waals surface area contributed by atoms with Crippen molar-refractivity contribution in [1.82, 2.24) is 5.32 Å². The van der Waals surface area contributed by atoms with Crippen molar-refractivity contribution >= 4 is 18.0 Å². The highest BCUT2D eigenvalue weighted by atomic mass is 16.6. The molecule has 0 aliphatic carbocycles. The van der Waals surface area contributed by atoms with Gasteiger partial charge in [-0.05, 0) is 16.4 Å². The number of hydrogen-bond acceptors (Lipinski definition) is 7. The van der Waals surface area contributed by atoms with Gasteiger partial charge in [0.2, 0.25) is 0 Å². The summed E-state index contributed by atoms with van der Waals surface area (Å²) in [6, 6.07) is 8.04. The molecule has 0 aliphatic rings. The number of hydrogen-bond donors (Lipinski definition) is 2. The van der Waals surface area contributed by atoms with Crippen LogP contribution >= 0.6 is 0 Å². The van der Waals surface area contributed by atoms with Gasteiger partial charge in [-0.2, -0.15) is 0 Å². The Hall–Kier alpha value is -2.61. The van der Waals surface area contributed by atoms with Gasteiger partial charge in [-0.1, -0.05) is 71.9 Å². The minimum atomic E-state index is -0.754. The van der Waals surface area contributed by atoms with Crippen molar-refractivity contribution in [3.05, 3.63) is 35.9 Å². The van der Waals surface area contributed by atoms with E-state index in [0.29, 0.717) is 0 Å². The first-order valence-corrected chi connectivity index (χ1v) is 9.62. The van der Waals surface area contributed by atoms with E-state index in [-0.39, 0.29) is 18.0 Å². The average molecular weight is 425 g/mol. The highest BCUT2D eigenvalue weighted by Gasteiger charge is 2.34. The van der Waals surface area contributed by atoms with Crippen molar-refractivity contribution < 1.29 is 28.6 Å². The van der Waals surface area contributed by atoms with Crippen molar-refractivity contribution in [3.8, 4) is 0 Å². The molecule has 3 N–H and O–H groups in total. The monoisotopic (exact) mass is 424 g/mol. The summed E-state index contributed by atoms with van der Waals surface area (Å²) in [5.74, 6) is -0.846. The van der Waals surface area contributed by atoms with Gasteiger partial charge >= 0.3 is 18.0 Å². The molecule has 0 saturated carbocycles. The Balaban J connectivity index is 0.000000710. The fourth-order valence-electron chi connectivity index (χ4n) is 2.11. The van der Waals surface area contributed by atoms with Crippen LogP contribution in [0.1, 0.15) is 47.1 Å². The van der Waals surface area contributed by atoms with Crippen molar-refractivity contribution in [2.75, 3.05) is 14.2 Å². The number of ether oxygens (including phenoxy) is 3. The number of esters is 2. The molecule has 1 amide bonds. The fourth-order valence-corrected chi connectivity index (χ4v) is 2.11. The van der Waals surface area contributed by atoms with Gasteiger partial charge in [0, 0.05) is 0 Å². The van der Waals surface area contributed by atoms with E-state index in [1.165, 1.54) is 14.2 Å². The van der Waals surface area contributed by atoms with E-state index in [4.69, 9.17) is 15.2 Å². The lowest BCUT2D eigenvalue weighted by molar-refractivity contribution is -0.146. The molecule has 170 valence electrons. The Labute approximate surface area is 179 Å². The Bertz CT molecular complexity index is 677. The first-order chi connectivity index (χ1) is 13.7. The maximum absolute atomic E-state index is 11.8. The van der Waals surface area contributed by atoms with E-state index in [9.17, 15) is 14.4 Å².